The minimum Gasteiger partial charge on any atom is -0.359 e. The highest BCUT2D eigenvalue weighted by Gasteiger charge is 2.38. The molecule has 1 aromatic carbocycles. The number of anilines is 1. The van der Waals surface area contributed by atoms with Crippen LogP contribution in [0.4, 0.5) is 23.2 Å². The topological polar surface area (TPSA) is 15.3 Å². The van der Waals surface area contributed by atoms with Crippen LogP contribution in [0.5, 0.6) is 0 Å². The van der Waals surface area contributed by atoms with Gasteiger partial charge < -0.3 is 10.2 Å². The molecule has 1 fully saturated rings. The van der Waals surface area contributed by atoms with Crippen LogP contribution in [0, 0.1) is 5.82 Å². The van der Waals surface area contributed by atoms with Crippen molar-refractivity contribution in [1.29, 1.82) is 0 Å². The Labute approximate surface area is 109 Å². The second kappa shape index (κ2) is 5.36. The minimum atomic E-state index is -4.28. The molecular formula is C13H16F4N2. The Morgan fingerprint density at radius 1 is 1.26 bits per heavy atom. The van der Waals surface area contributed by atoms with Gasteiger partial charge in [0.1, 0.15) is 12.4 Å². The van der Waals surface area contributed by atoms with E-state index in [9.17, 15) is 17.6 Å². The summed E-state index contributed by atoms with van der Waals surface area (Å²) >= 11 is 0. The lowest BCUT2D eigenvalue weighted by atomic mass is 10.1. The van der Waals surface area contributed by atoms with Gasteiger partial charge in [0.25, 0.3) is 0 Å². The van der Waals surface area contributed by atoms with Crippen molar-refractivity contribution < 1.29 is 17.6 Å². The molecular weight excluding hydrogens is 260 g/mol. The van der Waals surface area contributed by atoms with Gasteiger partial charge in [-0.15, -0.1) is 0 Å². The fraction of sp³-hybridized carbons (Fsp3) is 0.538. The van der Waals surface area contributed by atoms with E-state index in [-0.39, 0.29) is 6.04 Å². The van der Waals surface area contributed by atoms with Gasteiger partial charge in [-0.2, -0.15) is 13.2 Å². The van der Waals surface area contributed by atoms with Crippen molar-refractivity contribution >= 4 is 5.69 Å². The minimum absolute atomic E-state index is 0.120. The molecule has 2 nitrogen and oxygen atoms in total. The molecule has 2 rings (SSSR count). The molecule has 0 atom stereocenters. The van der Waals surface area contributed by atoms with Crippen molar-refractivity contribution in [1.82, 2.24) is 5.32 Å². The van der Waals surface area contributed by atoms with Crippen molar-refractivity contribution in [2.75, 3.05) is 18.5 Å². The largest absolute Gasteiger partial charge is 0.405 e. The monoisotopic (exact) mass is 276 g/mol. The third kappa shape index (κ3) is 4.09. The highest BCUT2D eigenvalue weighted by molar-refractivity contribution is 5.51. The van der Waals surface area contributed by atoms with Gasteiger partial charge in [0.05, 0.1) is 0 Å². The molecule has 1 aliphatic rings. The summed E-state index contributed by atoms with van der Waals surface area (Å²) in [5.74, 6) is -0.504. The van der Waals surface area contributed by atoms with E-state index in [0.717, 1.165) is 12.8 Å². The number of rotatable bonds is 5. The highest BCUT2D eigenvalue weighted by atomic mass is 19.4. The predicted octanol–water partition coefficient (Wildman–Crippen LogP) is 3.08. The third-order valence-corrected chi connectivity index (χ3v) is 2.99. The second-order valence-corrected chi connectivity index (χ2v) is 4.82. The quantitative estimate of drug-likeness (QED) is 0.831. The molecule has 1 N–H and O–H groups in total. The van der Waals surface area contributed by atoms with Crippen LogP contribution in [0.15, 0.2) is 18.2 Å². The summed E-state index contributed by atoms with van der Waals surface area (Å²) in [7, 11) is 1.71. The maximum absolute atomic E-state index is 13.5. The fourth-order valence-corrected chi connectivity index (χ4v) is 2.12. The standard InChI is InChI=1S/C13H16F4N2/c1-18-7-9-4-10(14)6-12(5-9)19(11-2-3-11)8-13(15,16)17/h4-6,11,18H,2-3,7-8H2,1H3. The number of halogens is 4. The first-order valence-corrected chi connectivity index (χ1v) is 6.16. The van der Waals surface area contributed by atoms with Crippen molar-refractivity contribution in [2.24, 2.45) is 0 Å². The van der Waals surface area contributed by atoms with Crippen LogP contribution in [0.2, 0.25) is 0 Å². The Morgan fingerprint density at radius 2 is 1.95 bits per heavy atom. The zero-order chi connectivity index (χ0) is 14.0. The van der Waals surface area contributed by atoms with Gasteiger partial charge in [-0.1, -0.05) is 0 Å². The molecule has 0 amide bonds. The van der Waals surface area contributed by atoms with Crippen LogP contribution in [0.3, 0.4) is 0 Å². The molecule has 106 valence electrons. The van der Waals surface area contributed by atoms with Crippen LogP contribution in [-0.2, 0) is 6.54 Å². The number of hydrogen-bond acceptors (Lipinski definition) is 2. The first-order valence-electron chi connectivity index (χ1n) is 6.16. The molecule has 19 heavy (non-hydrogen) atoms. The van der Waals surface area contributed by atoms with E-state index in [4.69, 9.17) is 0 Å². The molecule has 1 saturated carbocycles. The van der Waals surface area contributed by atoms with Gasteiger partial charge in [-0.05, 0) is 43.7 Å². The highest BCUT2D eigenvalue weighted by Crippen LogP contribution is 2.35. The van der Waals surface area contributed by atoms with Gasteiger partial charge in [-0.25, -0.2) is 4.39 Å². The van der Waals surface area contributed by atoms with Gasteiger partial charge in [0.15, 0.2) is 0 Å². The van der Waals surface area contributed by atoms with Crippen molar-refractivity contribution in [3.8, 4) is 0 Å². The number of nitrogens with one attached hydrogen (secondary N) is 1. The van der Waals surface area contributed by atoms with Crippen LogP contribution in [0.1, 0.15) is 18.4 Å². The van der Waals surface area contributed by atoms with Crippen molar-refractivity contribution in [3.63, 3.8) is 0 Å². The zero-order valence-electron chi connectivity index (χ0n) is 10.6. The van der Waals surface area contributed by atoms with Gasteiger partial charge in [-0.3, -0.25) is 0 Å². The summed E-state index contributed by atoms with van der Waals surface area (Å²) in [6.07, 6.45) is -2.82. The van der Waals surface area contributed by atoms with E-state index < -0.39 is 18.5 Å². The molecule has 0 saturated heterocycles. The van der Waals surface area contributed by atoms with E-state index >= 15 is 0 Å². The van der Waals surface area contributed by atoms with Crippen LogP contribution < -0.4 is 10.2 Å². The van der Waals surface area contributed by atoms with Crippen LogP contribution in [-0.4, -0.2) is 25.8 Å². The molecule has 0 bridgehead atoms. The van der Waals surface area contributed by atoms with Gasteiger partial charge in [0, 0.05) is 18.3 Å². The molecule has 6 heteroatoms. The summed E-state index contributed by atoms with van der Waals surface area (Å²) < 4.78 is 51.2. The Hall–Kier alpha value is -1.30. The third-order valence-electron chi connectivity index (χ3n) is 2.99. The molecule has 1 aromatic rings. The van der Waals surface area contributed by atoms with Crippen molar-refractivity contribution in [3.05, 3.63) is 29.6 Å². The summed E-state index contributed by atoms with van der Waals surface area (Å²) in [5.41, 5.74) is 0.954. The number of benzene rings is 1. The predicted molar refractivity (Wildman–Crippen MR) is 65.6 cm³/mol. The van der Waals surface area contributed by atoms with Crippen LogP contribution >= 0.6 is 0 Å². The SMILES string of the molecule is CNCc1cc(F)cc(N(CC(F)(F)F)C2CC2)c1. The van der Waals surface area contributed by atoms with E-state index in [1.807, 2.05) is 0 Å². The summed E-state index contributed by atoms with van der Waals surface area (Å²) in [6.45, 7) is -0.602. The maximum Gasteiger partial charge on any atom is 0.405 e. The smallest absolute Gasteiger partial charge is 0.359 e. The molecule has 0 aliphatic heterocycles. The average Bonchev–Trinajstić information content (AvgIpc) is 3.08. The molecule has 0 heterocycles. The van der Waals surface area contributed by atoms with E-state index in [0.29, 0.717) is 17.8 Å². The molecule has 0 spiro atoms. The molecule has 1 aliphatic carbocycles. The van der Waals surface area contributed by atoms with E-state index in [1.54, 1.807) is 13.1 Å². The van der Waals surface area contributed by atoms with E-state index in [1.165, 1.54) is 17.0 Å². The van der Waals surface area contributed by atoms with Crippen LogP contribution in [0.25, 0.3) is 0 Å². The summed E-state index contributed by atoms with van der Waals surface area (Å²) in [6, 6.07) is 4.00. The number of hydrogen-bond donors (Lipinski definition) is 1. The number of nitrogens with zero attached hydrogens (tertiary/aromatic N) is 1. The summed E-state index contributed by atoms with van der Waals surface area (Å²) in [4.78, 5) is 1.25. The Kier molecular flexibility index (Phi) is 3.99. The normalized spacial score (nSPS) is 15.6. The molecule has 0 radical (unpaired) electrons. The second-order valence-electron chi connectivity index (χ2n) is 4.82. The zero-order valence-corrected chi connectivity index (χ0v) is 10.6. The Balaban J connectivity index is 2.25. The number of alkyl halides is 3. The molecule has 0 unspecified atom stereocenters. The molecule has 0 aromatic heterocycles. The van der Waals surface area contributed by atoms with Gasteiger partial charge >= 0.3 is 6.18 Å². The lowest BCUT2D eigenvalue weighted by Crippen LogP contribution is -2.36. The maximum atomic E-state index is 13.5. The lowest BCUT2D eigenvalue weighted by Gasteiger charge is -2.26. The van der Waals surface area contributed by atoms with E-state index in [2.05, 4.69) is 5.32 Å². The Morgan fingerprint density at radius 3 is 2.47 bits per heavy atom. The average molecular weight is 276 g/mol. The van der Waals surface area contributed by atoms with Gasteiger partial charge in [0.2, 0.25) is 0 Å². The first kappa shape index (κ1) is 14.1. The first-order chi connectivity index (χ1) is 8.89. The van der Waals surface area contributed by atoms with Crippen molar-refractivity contribution in [2.45, 2.75) is 31.6 Å². The lowest BCUT2D eigenvalue weighted by molar-refractivity contribution is -0.120. The fourth-order valence-electron chi connectivity index (χ4n) is 2.12. The Bertz CT molecular complexity index is 441. The summed E-state index contributed by atoms with van der Waals surface area (Å²) in [5, 5.41) is 2.86.